The van der Waals surface area contributed by atoms with Crippen molar-refractivity contribution in [1.29, 1.82) is 0 Å². The number of likely N-dealkylation sites (tertiary alicyclic amines) is 1. The first-order valence-electron chi connectivity index (χ1n) is 11.3. The molecule has 1 unspecified atom stereocenters. The maximum atomic E-state index is 13.0. The molecule has 38 heavy (non-hydrogen) atoms. The van der Waals surface area contributed by atoms with Crippen molar-refractivity contribution in [3.05, 3.63) is 47.6 Å². The van der Waals surface area contributed by atoms with E-state index in [1.807, 2.05) is 0 Å². The summed E-state index contributed by atoms with van der Waals surface area (Å²) in [6.07, 6.45) is -7.37. The van der Waals surface area contributed by atoms with E-state index in [0.29, 0.717) is 35.8 Å². The first-order valence-corrected chi connectivity index (χ1v) is 11.3. The van der Waals surface area contributed by atoms with Crippen LogP contribution in [0.1, 0.15) is 41.3 Å². The number of benzene rings is 1. The molecule has 0 saturated carbocycles. The molecule has 0 radical (unpaired) electrons. The molecule has 16 heteroatoms. The van der Waals surface area contributed by atoms with Gasteiger partial charge in [0.1, 0.15) is 5.69 Å². The number of rotatable bonds is 5. The van der Waals surface area contributed by atoms with Gasteiger partial charge >= 0.3 is 24.3 Å². The van der Waals surface area contributed by atoms with Gasteiger partial charge in [0.15, 0.2) is 5.69 Å². The van der Waals surface area contributed by atoms with E-state index in [2.05, 4.69) is 30.4 Å². The molecule has 0 aliphatic carbocycles. The van der Waals surface area contributed by atoms with Crippen LogP contribution in [-0.2, 0) is 19.4 Å². The average molecular weight is 545 g/mol. The summed E-state index contributed by atoms with van der Waals surface area (Å²) < 4.78 is 81.7. The number of hydrogen-bond acceptors (Lipinski definition) is 6. The summed E-state index contributed by atoms with van der Waals surface area (Å²) >= 11 is 0. The van der Waals surface area contributed by atoms with E-state index < -0.39 is 47.6 Å². The van der Waals surface area contributed by atoms with Crippen molar-refractivity contribution < 1.29 is 40.5 Å². The lowest BCUT2D eigenvalue weighted by Gasteiger charge is -2.35. The number of carbonyl (C=O) groups is 2. The number of carbonyl (C=O) groups excluding carboxylic acids is 2. The fraction of sp³-hybridized carbons (Fsp3) is 0.409. The Morgan fingerprint density at radius 2 is 1.79 bits per heavy atom. The van der Waals surface area contributed by atoms with Crippen LogP contribution in [-0.4, -0.2) is 55.9 Å². The largest absolute Gasteiger partial charge is 0.471 e. The molecule has 3 aromatic rings. The van der Waals surface area contributed by atoms with Crippen molar-refractivity contribution in [1.82, 2.24) is 30.1 Å². The molecular weight excluding hydrogens is 524 g/mol. The average Bonchev–Trinajstić information content (AvgIpc) is 3.50. The van der Waals surface area contributed by atoms with Gasteiger partial charge in [0.05, 0.1) is 6.04 Å². The summed E-state index contributed by atoms with van der Waals surface area (Å²) in [5, 5.41) is 12.1. The number of anilines is 1. The Kier molecular flexibility index (Phi) is 7.33. The summed E-state index contributed by atoms with van der Waals surface area (Å²) in [5.74, 6) is -2.54. The minimum Gasteiger partial charge on any atom is -0.349 e. The highest BCUT2D eigenvalue weighted by molar-refractivity contribution is 5.92. The molecule has 1 saturated heterocycles. The zero-order valence-corrected chi connectivity index (χ0v) is 19.7. The predicted molar refractivity (Wildman–Crippen MR) is 119 cm³/mol. The van der Waals surface area contributed by atoms with Gasteiger partial charge < -0.3 is 20.1 Å². The summed E-state index contributed by atoms with van der Waals surface area (Å²) in [7, 11) is 1.08. The molecular formula is C22H21F6N7O3. The molecule has 0 bridgehead atoms. The van der Waals surface area contributed by atoms with Gasteiger partial charge in [-0.05, 0) is 43.5 Å². The second-order valence-electron chi connectivity index (χ2n) is 8.52. The molecule has 4 rings (SSSR count). The number of alkyl halides is 6. The van der Waals surface area contributed by atoms with E-state index in [9.17, 15) is 35.9 Å². The number of amides is 3. The quantitative estimate of drug-likeness (QED) is 0.461. The summed E-state index contributed by atoms with van der Waals surface area (Å²) in [6, 6.07) is 5.50. The monoisotopic (exact) mass is 545 g/mol. The van der Waals surface area contributed by atoms with Crippen molar-refractivity contribution in [2.24, 2.45) is 7.05 Å². The van der Waals surface area contributed by atoms with E-state index in [1.54, 1.807) is 0 Å². The topological polar surface area (TPSA) is 118 Å². The fourth-order valence-corrected chi connectivity index (χ4v) is 3.98. The van der Waals surface area contributed by atoms with Crippen LogP contribution in [0.25, 0.3) is 11.4 Å². The summed E-state index contributed by atoms with van der Waals surface area (Å²) in [4.78, 5) is 30.1. The number of nitrogens with one attached hydrogen (secondary N) is 2. The van der Waals surface area contributed by atoms with Gasteiger partial charge in [0.2, 0.25) is 5.82 Å². The van der Waals surface area contributed by atoms with Crippen molar-refractivity contribution in [3.63, 3.8) is 0 Å². The number of urea groups is 1. The SMILES string of the molecule is Cn1nc(C(=O)NCC2CCCCN2C(=O)Nc2ccc(-c3noc(C(F)(F)F)n3)cc2)cc1C(F)(F)F. The number of piperidine rings is 1. The number of hydrogen-bond donors (Lipinski definition) is 2. The van der Waals surface area contributed by atoms with Gasteiger partial charge in [0.25, 0.3) is 5.91 Å². The lowest BCUT2D eigenvalue weighted by Crippen LogP contribution is -2.50. The van der Waals surface area contributed by atoms with Crippen LogP contribution in [0.5, 0.6) is 0 Å². The van der Waals surface area contributed by atoms with E-state index in [0.717, 1.165) is 13.5 Å². The van der Waals surface area contributed by atoms with E-state index >= 15 is 0 Å². The molecule has 1 aliphatic rings. The first-order chi connectivity index (χ1) is 17.8. The standard InChI is InChI=1S/C22H21F6N7O3/c1-34-16(21(23,24)25)10-15(32-34)18(36)29-11-14-4-2-3-9-35(14)20(37)30-13-7-5-12(6-8-13)17-31-19(38-33-17)22(26,27)28/h5-8,10,14H,2-4,9,11H2,1H3,(H,29,36)(H,30,37). The van der Waals surface area contributed by atoms with Gasteiger partial charge in [-0.1, -0.05) is 5.16 Å². The predicted octanol–water partition coefficient (Wildman–Crippen LogP) is 4.32. The first kappa shape index (κ1) is 26.9. The van der Waals surface area contributed by atoms with Crippen LogP contribution < -0.4 is 10.6 Å². The fourth-order valence-electron chi connectivity index (χ4n) is 3.98. The second kappa shape index (κ2) is 10.3. The third-order valence-electron chi connectivity index (χ3n) is 5.85. The molecule has 1 aromatic carbocycles. The Hall–Kier alpha value is -4.11. The Labute approximate surface area is 211 Å². The zero-order valence-electron chi connectivity index (χ0n) is 19.7. The zero-order chi connectivity index (χ0) is 27.7. The molecule has 2 aromatic heterocycles. The normalized spacial score (nSPS) is 16.4. The summed E-state index contributed by atoms with van der Waals surface area (Å²) in [5.41, 5.74) is -0.869. The smallest absolute Gasteiger partial charge is 0.349 e. The minimum atomic E-state index is -4.77. The Balaban J connectivity index is 1.37. The Bertz CT molecular complexity index is 1300. The highest BCUT2D eigenvalue weighted by Gasteiger charge is 2.39. The Morgan fingerprint density at radius 3 is 2.39 bits per heavy atom. The van der Waals surface area contributed by atoms with Crippen molar-refractivity contribution in [2.45, 2.75) is 37.7 Å². The second-order valence-corrected chi connectivity index (χ2v) is 8.52. The van der Waals surface area contributed by atoms with Crippen LogP contribution >= 0.6 is 0 Å². The van der Waals surface area contributed by atoms with Gasteiger partial charge in [-0.15, -0.1) is 0 Å². The molecule has 1 fully saturated rings. The highest BCUT2D eigenvalue weighted by Crippen LogP contribution is 2.30. The number of nitrogens with zero attached hydrogens (tertiary/aromatic N) is 5. The number of aromatic nitrogens is 4. The maximum absolute atomic E-state index is 13.0. The van der Waals surface area contributed by atoms with Gasteiger partial charge in [0, 0.05) is 37.5 Å². The Morgan fingerprint density at radius 1 is 1.08 bits per heavy atom. The van der Waals surface area contributed by atoms with E-state index in [4.69, 9.17) is 0 Å². The van der Waals surface area contributed by atoms with Crippen molar-refractivity contribution >= 4 is 17.6 Å². The lowest BCUT2D eigenvalue weighted by atomic mass is 10.0. The van der Waals surface area contributed by atoms with E-state index in [-0.39, 0.29) is 17.9 Å². The number of aryl methyl sites for hydroxylation is 1. The van der Waals surface area contributed by atoms with Crippen LogP contribution in [0.4, 0.5) is 36.8 Å². The van der Waals surface area contributed by atoms with Crippen LogP contribution in [0.15, 0.2) is 34.9 Å². The van der Waals surface area contributed by atoms with Crippen molar-refractivity contribution in [2.75, 3.05) is 18.4 Å². The molecule has 0 spiro atoms. The van der Waals surface area contributed by atoms with Crippen LogP contribution in [0.3, 0.4) is 0 Å². The van der Waals surface area contributed by atoms with Gasteiger partial charge in [-0.2, -0.15) is 36.4 Å². The molecule has 2 N–H and O–H groups in total. The molecule has 1 atom stereocenters. The molecule has 10 nitrogen and oxygen atoms in total. The number of halogens is 6. The van der Waals surface area contributed by atoms with Crippen LogP contribution in [0, 0.1) is 0 Å². The minimum absolute atomic E-state index is 0.00246. The molecule has 204 valence electrons. The lowest BCUT2D eigenvalue weighted by molar-refractivity contribution is -0.159. The maximum Gasteiger partial charge on any atom is 0.471 e. The third kappa shape index (κ3) is 6.06. The van der Waals surface area contributed by atoms with E-state index in [1.165, 1.54) is 29.2 Å². The highest BCUT2D eigenvalue weighted by atomic mass is 19.4. The molecule has 1 aliphatic heterocycles. The summed E-state index contributed by atoms with van der Waals surface area (Å²) in [6.45, 7) is 0.387. The van der Waals surface area contributed by atoms with Crippen LogP contribution in [0.2, 0.25) is 0 Å². The van der Waals surface area contributed by atoms with Gasteiger partial charge in [-0.25, -0.2) is 4.79 Å². The molecule has 3 heterocycles. The molecule has 3 amide bonds. The third-order valence-corrected chi connectivity index (χ3v) is 5.85. The van der Waals surface area contributed by atoms with Gasteiger partial charge in [-0.3, -0.25) is 9.48 Å². The van der Waals surface area contributed by atoms with Crippen molar-refractivity contribution in [3.8, 4) is 11.4 Å².